The van der Waals surface area contributed by atoms with Crippen molar-refractivity contribution in [1.82, 2.24) is 10.3 Å². The Morgan fingerprint density at radius 2 is 2.33 bits per heavy atom. The van der Waals surface area contributed by atoms with Crippen LogP contribution in [0.4, 0.5) is 0 Å². The maximum absolute atomic E-state index is 5.65. The zero-order valence-corrected chi connectivity index (χ0v) is 12.7. The van der Waals surface area contributed by atoms with Gasteiger partial charge in [0.2, 0.25) is 5.89 Å². The number of aromatic nitrogens is 1. The normalized spacial score (nSPS) is 17.5. The molecule has 0 fully saturated rings. The van der Waals surface area contributed by atoms with E-state index >= 15 is 0 Å². The van der Waals surface area contributed by atoms with E-state index in [4.69, 9.17) is 9.15 Å². The number of benzene rings is 1. The lowest BCUT2D eigenvalue weighted by Crippen LogP contribution is -2.25. The van der Waals surface area contributed by atoms with E-state index in [0.717, 1.165) is 36.7 Å². The Labute approximate surface area is 125 Å². The Balaban J connectivity index is 1.70. The average molecular weight is 286 g/mol. The highest BCUT2D eigenvalue weighted by Gasteiger charge is 2.20. The summed E-state index contributed by atoms with van der Waals surface area (Å²) in [6.07, 6.45) is 6.18. The van der Waals surface area contributed by atoms with Crippen molar-refractivity contribution in [2.75, 3.05) is 7.11 Å². The van der Waals surface area contributed by atoms with Gasteiger partial charge in [0.15, 0.2) is 0 Å². The smallest absolute Gasteiger partial charge is 0.208 e. The summed E-state index contributed by atoms with van der Waals surface area (Å²) in [6.45, 7) is 2.75. The maximum Gasteiger partial charge on any atom is 0.208 e. The van der Waals surface area contributed by atoms with E-state index < -0.39 is 0 Å². The van der Waals surface area contributed by atoms with Gasteiger partial charge in [-0.15, -0.1) is 0 Å². The van der Waals surface area contributed by atoms with Gasteiger partial charge in [-0.25, -0.2) is 4.98 Å². The van der Waals surface area contributed by atoms with Gasteiger partial charge in [0.25, 0.3) is 0 Å². The summed E-state index contributed by atoms with van der Waals surface area (Å²) in [5.41, 5.74) is 2.77. The summed E-state index contributed by atoms with van der Waals surface area (Å²) in [5.74, 6) is 2.66. The van der Waals surface area contributed by atoms with Crippen LogP contribution in [0, 0.1) is 0 Å². The molecule has 0 bridgehead atoms. The lowest BCUT2D eigenvalue weighted by molar-refractivity contribution is 0.393. The number of nitrogens with zero attached hydrogens (tertiary/aromatic N) is 1. The summed E-state index contributed by atoms with van der Waals surface area (Å²) in [6, 6.07) is 6.75. The second-order valence-corrected chi connectivity index (χ2v) is 5.46. The molecule has 112 valence electrons. The molecule has 1 aliphatic rings. The van der Waals surface area contributed by atoms with Crippen molar-refractivity contribution in [2.24, 2.45) is 0 Å². The molecule has 1 aromatic heterocycles. The molecule has 0 saturated heterocycles. The van der Waals surface area contributed by atoms with E-state index in [1.165, 1.54) is 17.5 Å². The molecular weight excluding hydrogens is 264 g/mol. The van der Waals surface area contributed by atoms with Gasteiger partial charge in [-0.1, -0.05) is 13.0 Å². The third-order valence-corrected chi connectivity index (χ3v) is 4.11. The fourth-order valence-electron chi connectivity index (χ4n) is 2.93. The Morgan fingerprint density at radius 3 is 3.10 bits per heavy atom. The molecule has 1 aromatic carbocycles. The second kappa shape index (κ2) is 6.31. The van der Waals surface area contributed by atoms with E-state index in [9.17, 15) is 0 Å². The summed E-state index contributed by atoms with van der Waals surface area (Å²) < 4.78 is 11.0. The van der Waals surface area contributed by atoms with Crippen LogP contribution in [-0.2, 0) is 19.4 Å². The Bertz CT molecular complexity index is 607. The minimum absolute atomic E-state index is 0.372. The van der Waals surface area contributed by atoms with Crippen LogP contribution in [-0.4, -0.2) is 12.1 Å². The minimum atomic E-state index is 0.372. The van der Waals surface area contributed by atoms with Gasteiger partial charge in [0, 0.05) is 12.5 Å². The molecule has 0 spiro atoms. The molecule has 1 aliphatic carbocycles. The quantitative estimate of drug-likeness (QED) is 0.915. The number of fused-ring (bicyclic) bond motifs is 1. The molecule has 4 heteroatoms. The van der Waals surface area contributed by atoms with Crippen molar-refractivity contribution in [3.05, 3.63) is 47.2 Å². The fourth-order valence-corrected chi connectivity index (χ4v) is 2.93. The molecule has 0 saturated carbocycles. The first-order valence-electron chi connectivity index (χ1n) is 7.64. The van der Waals surface area contributed by atoms with Crippen molar-refractivity contribution < 1.29 is 9.15 Å². The molecule has 1 N–H and O–H groups in total. The highest BCUT2D eigenvalue weighted by Crippen LogP contribution is 2.32. The molecule has 1 unspecified atom stereocenters. The fraction of sp³-hybridized carbons (Fsp3) is 0.471. The zero-order valence-electron chi connectivity index (χ0n) is 12.7. The van der Waals surface area contributed by atoms with Gasteiger partial charge >= 0.3 is 0 Å². The van der Waals surface area contributed by atoms with Gasteiger partial charge in [0.1, 0.15) is 11.5 Å². The SMILES string of the molecule is CCc1cnc(CNC2CCCc3cc(OC)ccc32)o1. The van der Waals surface area contributed by atoms with Gasteiger partial charge < -0.3 is 14.5 Å². The lowest BCUT2D eigenvalue weighted by Gasteiger charge is -2.26. The van der Waals surface area contributed by atoms with E-state index in [-0.39, 0.29) is 0 Å². The van der Waals surface area contributed by atoms with Gasteiger partial charge in [0.05, 0.1) is 19.9 Å². The predicted octanol–water partition coefficient (Wildman–Crippen LogP) is 3.41. The zero-order chi connectivity index (χ0) is 14.7. The Morgan fingerprint density at radius 1 is 1.43 bits per heavy atom. The minimum Gasteiger partial charge on any atom is -0.497 e. The number of hydrogen-bond donors (Lipinski definition) is 1. The lowest BCUT2D eigenvalue weighted by atomic mass is 9.87. The molecule has 2 aromatic rings. The van der Waals surface area contributed by atoms with E-state index in [2.05, 4.69) is 29.4 Å². The van der Waals surface area contributed by atoms with Crippen molar-refractivity contribution in [3.8, 4) is 5.75 Å². The molecule has 0 amide bonds. The van der Waals surface area contributed by atoms with Crippen molar-refractivity contribution >= 4 is 0 Å². The van der Waals surface area contributed by atoms with Crippen LogP contribution < -0.4 is 10.1 Å². The van der Waals surface area contributed by atoms with Gasteiger partial charge in [-0.3, -0.25) is 0 Å². The first kappa shape index (κ1) is 14.1. The molecule has 1 heterocycles. The number of oxazole rings is 1. The van der Waals surface area contributed by atoms with E-state index in [1.807, 2.05) is 12.3 Å². The highest BCUT2D eigenvalue weighted by atomic mass is 16.5. The van der Waals surface area contributed by atoms with Crippen LogP contribution in [0.25, 0.3) is 0 Å². The maximum atomic E-state index is 5.65. The molecular formula is C17H22N2O2. The number of ether oxygens (including phenoxy) is 1. The van der Waals surface area contributed by atoms with E-state index in [1.54, 1.807) is 7.11 Å². The van der Waals surface area contributed by atoms with Crippen LogP contribution in [0.1, 0.15) is 48.6 Å². The molecule has 0 aliphatic heterocycles. The van der Waals surface area contributed by atoms with E-state index in [0.29, 0.717) is 12.6 Å². The topological polar surface area (TPSA) is 47.3 Å². The first-order chi connectivity index (χ1) is 10.3. The van der Waals surface area contributed by atoms with Crippen LogP contribution >= 0.6 is 0 Å². The Kier molecular flexibility index (Phi) is 4.25. The van der Waals surface area contributed by atoms with Gasteiger partial charge in [-0.05, 0) is 42.5 Å². The molecule has 1 atom stereocenters. The van der Waals surface area contributed by atoms with Crippen LogP contribution in [0.15, 0.2) is 28.8 Å². The largest absolute Gasteiger partial charge is 0.497 e. The van der Waals surface area contributed by atoms with Crippen molar-refractivity contribution in [1.29, 1.82) is 0 Å². The Hall–Kier alpha value is -1.81. The van der Waals surface area contributed by atoms with Crippen molar-refractivity contribution in [2.45, 2.75) is 45.2 Å². The van der Waals surface area contributed by atoms with Gasteiger partial charge in [-0.2, -0.15) is 0 Å². The molecule has 21 heavy (non-hydrogen) atoms. The van der Waals surface area contributed by atoms with Crippen molar-refractivity contribution in [3.63, 3.8) is 0 Å². The number of methoxy groups -OCH3 is 1. The number of aryl methyl sites for hydroxylation is 2. The van der Waals surface area contributed by atoms with Crippen LogP contribution in [0.3, 0.4) is 0 Å². The third kappa shape index (κ3) is 3.10. The second-order valence-electron chi connectivity index (χ2n) is 5.46. The monoisotopic (exact) mass is 286 g/mol. The number of nitrogens with one attached hydrogen (secondary N) is 1. The number of hydrogen-bond acceptors (Lipinski definition) is 4. The summed E-state index contributed by atoms with van der Waals surface area (Å²) in [5, 5.41) is 3.57. The molecule has 3 rings (SSSR count). The summed E-state index contributed by atoms with van der Waals surface area (Å²) in [7, 11) is 1.72. The highest BCUT2D eigenvalue weighted by molar-refractivity contribution is 5.39. The summed E-state index contributed by atoms with van der Waals surface area (Å²) in [4.78, 5) is 4.31. The van der Waals surface area contributed by atoms with Crippen LogP contribution in [0.2, 0.25) is 0 Å². The molecule has 4 nitrogen and oxygen atoms in total. The van der Waals surface area contributed by atoms with Crippen LogP contribution in [0.5, 0.6) is 5.75 Å². The third-order valence-electron chi connectivity index (χ3n) is 4.11. The average Bonchev–Trinajstić information content (AvgIpc) is 3.00. The standard InChI is InChI=1S/C17H22N2O2/c1-3-13-10-19-17(21-13)11-18-16-6-4-5-12-9-14(20-2)7-8-15(12)16/h7-10,16,18H,3-6,11H2,1-2H3. The molecule has 0 radical (unpaired) electrons. The predicted molar refractivity (Wildman–Crippen MR) is 81.4 cm³/mol. The number of rotatable bonds is 5. The first-order valence-corrected chi connectivity index (χ1v) is 7.64. The summed E-state index contributed by atoms with van der Waals surface area (Å²) >= 11 is 0.